The summed E-state index contributed by atoms with van der Waals surface area (Å²) in [5.74, 6) is -2.72. The Bertz CT molecular complexity index is 1020. The molecule has 0 radical (unpaired) electrons. The Morgan fingerprint density at radius 2 is 1.78 bits per heavy atom. The van der Waals surface area contributed by atoms with Gasteiger partial charge < -0.3 is 33.9 Å². The molecule has 2 heterocycles. The van der Waals surface area contributed by atoms with Crippen molar-refractivity contribution in [2.24, 2.45) is 11.8 Å². The van der Waals surface area contributed by atoms with E-state index in [1.165, 1.54) is 12.1 Å². The van der Waals surface area contributed by atoms with Crippen molar-refractivity contribution in [3.8, 4) is 5.75 Å². The number of aliphatic carboxylic acids is 1. The third kappa shape index (κ3) is 9.77. The predicted octanol–water partition coefficient (Wildman–Crippen LogP) is 5.90. The molecule has 1 aromatic rings. The highest BCUT2D eigenvalue weighted by molar-refractivity contribution is 5.76. The lowest BCUT2D eigenvalue weighted by Crippen LogP contribution is -2.50. The fourth-order valence-corrected chi connectivity index (χ4v) is 5.55. The van der Waals surface area contributed by atoms with E-state index in [-0.39, 0.29) is 24.1 Å². The molecule has 41 heavy (non-hydrogen) atoms. The van der Waals surface area contributed by atoms with Crippen molar-refractivity contribution in [1.82, 2.24) is 0 Å². The van der Waals surface area contributed by atoms with Gasteiger partial charge in [0, 0.05) is 25.7 Å². The van der Waals surface area contributed by atoms with Crippen molar-refractivity contribution in [2.45, 2.75) is 95.1 Å². The lowest BCUT2D eigenvalue weighted by molar-refractivity contribution is -0.349. The number of allylic oxidation sites excluding steroid dienone is 1. The van der Waals surface area contributed by atoms with E-state index in [1.807, 2.05) is 12.2 Å². The van der Waals surface area contributed by atoms with Crippen LogP contribution in [0.25, 0.3) is 0 Å². The summed E-state index contributed by atoms with van der Waals surface area (Å²) < 4.78 is 42.1. The molecule has 9 heteroatoms. The van der Waals surface area contributed by atoms with Crippen LogP contribution in [0.3, 0.4) is 0 Å². The molecule has 1 saturated carbocycles. The van der Waals surface area contributed by atoms with Crippen molar-refractivity contribution in [2.75, 3.05) is 19.8 Å². The second kappa shape index (κ2) is 16.2. The van der Waals surface area contributed by atoms with Crippen LogP contribution in [-0.2, 0) is 23.7 Å². The van der Waals surface area contributed by atoms with Gasteiger partial charge in [-0.25, -0.2) is 9.18 Å². The minimum Gasteiger partial charge on any atom is -0.493 e. The van der Waals surface area contributed by atoms with Gasteiger partial charge in [-0.15, -0.1) is 5.73 Å². The Morgan fingerprint density at radius 1 is 1.05 bits per heavy atom. The Morgan fingerprint density at radius 3 is 2.41 bits per heavy atom. The third-order valence-electron chi connectivity index (χ3n) is 7.81. The average Bonchev–Trinajstić information content (AvgIpc) is 3.32. The van der Waals surface area contributed by atoms with Crippen LogP contribution in [0.2, 0.25) is 0 Å². The molecule has 1 aliphatic carbocycles. The van der Waals surface area contributed by atoms with Crippen molar-refractivity contribution >= 4 is 5.97 Å². The van der Waals surface area contributed by atoms with Crippen LogP contribution in [0.4, 0.5) is 4.39 Å². The molecule has 4 rings (SSSR count). The number of rotatable bonds is 14. The molecule has 0 aromatic heterocycles. The van der Waals surface area contributed by atoms with Gasteiger partial charge in [0.15, 0.2) is 12.6 Å². The Hall–Kier alpha value is -2.52. The van der Waals surface area contributed by atoms with Gasteiger partial charge in [-0.3, -0.25) is 0 Å². The van der Waals surface area contributed by atoms with E-state index >= 15 is 0 Å². The standard InChI is InChI=1S/C32H43FO8/c33-25-12-10-13-26(23-25)37-20-7-3-11-24-17-18-28(34)27(24)14-2-1-6-19-32(31(35)36,40-29-15-4-8-21-38-29)41-30-16-5-9-22-39-30/h2-3,6,10-13,23-24,27-30,34H,4-5,7-9,14-22H2,(H,35,36)/b11-3+/t1?,24-,27+,28-,29?,30?,32?/m0/s1. The second-order valence-electron chi connectivity index (χ2n) is 10.9. The maximum Gasteiger partial charge on any atom is 0.364 e. The summed E-state index contributed by atoms with van der Waals surface area (Å²) in [5, 5.41) is 20.8. The summed E-state index contributed by atoms with van der Waals surface area (Å²) >= 11 is 0. The second-order valence-corrected chi connectivity index (χ2v) is 10.9. The number of carboxylic acids is 1. The molecule has 3 fully saturated rings. The number of carbonyl (C=O) groups is 1. The minimum absolute atomic E-state index is 0.0410. The first kappa shape index (κ1) is 31.4. The van der Waals surface area contributed by atoms with Crippen molar-refractivity contribution < 1.29 is 43.1 Å². The molecule has 0 spiro atoms. The first-order valence-electron chi connectivity index (χ1n) is 14.9. The molecule has 2 aliphatic heterocycles. The molecule has 5 atom stereocenters. The predicted molar refractivity (Wildman–Crippen MR) is 149 cm³/mol. The number of benzene rings is 1. The van der Waals surface area contributed by atoms with Gasteiger partial charge in [0.25, 0.3) is 5.79 Å². The number of ether oxygens (including phenoxy) is 5. The smallest absolute Gasteiger partial charge is 0.364 e. The van der Waals surface area contributed by atoms with Gasteiger partial charge >= 0.3 is 5.97 Å². The van der Waals surface area contributed by atoms with Gasteiger partial charge in [0.1, 0.15) is 11.6 Å². The minimum atomic E-state index is -1.93. The third-order valence-corrected chi connectivity index (χ3v) is 7.81. The van der Waals surface area contributed by atoms with Gasteiger partial charge in [0.05, 0.1) is 12.7 Å². The maximum atomic E-state index is 13.3. The molecular formula is C32H43FO8. The fraction of sp³-hybridized carbons (Fsp3) is 0.625. The number of halogens is 1. The Labute approximate surface area is 241 Å². The lowest BCUT2D eigenvalue weighted by Gasteiger charge is -2.37. The van der Waals surface area contributed by atoms with Crippen molar-refractivity contribution in [3.63, 3.8) is 0 Å². The molecule has 2 saturated heterocycles. The number of hydrogen-bond acceptors (Lipinski definition) is 7. The van der Waals surface area contributed by atoms with Crippen LogP contribution in [-0.4, -0.2) is 60.5 Å². The normalized spacial score (nSPS) is 28.1. The highest BCUT2D eigenvalue weighted by Crippen LogP contribution is 2.36. The van der Waals surface area contributed by atoms with Crippen LogP contribution in [0.15, 0.2) is 54.3 Å². The van der Waals surface area contributed by atoms with Gasteiger partial charge in [-0.2, -0.15) is 0 Å². The zero-order valence-electron chi connectivity index (χ0n) is 23.6. The summed E-state index contributed by atoms with van der Waals surface area (Å²) in [6.45, 7) is 1.49. The Balaban J connectivity index is 1.32. The van der Waals surface area contributed by atoms with Crippen LogP contribution in [0.5, 0.6) is 5.75 Å². The first-order chi connectivity index (χ1) is 19.9. The largest absolute Gasteiger partial charge is 0.493 e. The summed E-state index contributed by atoms with van der Waals surface area (Å²) in [6.07, 6.45) is 13.6. The molecule has 226 valence electrons. The number of carboxylic acid groups (broad SMARTS) is 1. The summed E-state index contributed by atoms with van der Waals surface area (Å²) in [5.41, 5.74) is 3.10. The van der Waals surface area contributed by atoms with E-state index in [0.717, 1.165) is 38.5 Å². The highest BCUT2D eigenvalue weighted by Gasteiger charge is 2.46. The van der Waals surface area contributed by atoms with Gasteiger partial charge in [-0.05, 0) is 100 Å². The van der Waals surface area contributed by atoms with E-state index in [9.17, 15) is 19.4 Å². The van der Waals surface area contributed by atoms with Crippen LogP contribution >= 0.6 is 0 Å². The van der Waals surface area contributed by atoms with Crippen molar-refractivity contribution in [1.29, 1.82) is 0 Å². The molecule has 0 bridgehead atoms. The molecule has 1 aromatic carbocycles. The Kier molecular flexibility index (Phi) is 12.4. The summed E-state index contributed by atoms with van der Waals surface area (Å²) in [4.78, 5) is 12.5. The quantitative estimate of drug-likeness (QED) is 0.123. The van der Waals surface area contributed by atoms with Crippen LogP contribution < -0.4 is 4.74 Å². The maximum absolute atomic E-state index is 13.3. The van der Waals surface area contributed by atoms with Crippen LogP contribution in [0.1, 0.15) is 70.6 Å². The summed E-state index contributed by atoms with van der Waals surface area (Å²) in [7, 11) is 0. The van der Waals surface area contributed by atoms with E-state index in [2.05, 4.69) is 11.8 Å². The molecule has 2 N–H and O–H groups in total. The lowest BCUT2D eigenvalue weighted by atomic mass is 9.91. The topological polar surface area (TPSA) is 104 Å². The molecular weight excluding hydrogens is 531 g/mol. The number of aliphatic hydroxyl groups excluding tert-OH is 1. The van der Waals surface area contributed by atoms with Crippen molar-refractivity contribution in [3.05, 3.63) is 60.1 Å². The number of hydrogen-bond donors (Lipinski definition) is 2. The van der Waals surface area contributed by atoms with Gasteiger partial charge in [0.2, 0.25) is 0 Å². The van der Waals surface area contributed by atoms with Gasteiger partial charge in [-0.1, -0.05) is 18.2 Å². The monoisotopic (exact) mass is 574 g/mol. The molecule has 8 nitrogen and oxygen atoms in total. The van der Waals surface area contributed by atoms with E-state index in [0.29, 0.717) is 51.3 Å². The average molecular weight is 575 g/mol. The fourth-order valence-electron chi connectivity index (χ4n) is 5.55. The zero-order chi connectivity index (χ0) is 28.9. The molecule has 3 aliphatic rings. The van der Waals surface area contributed by atoms with E-state index in [1.54, 1.807) is 18.2 Å². The number of aliphatic hydroxyl groups is 1. The molecule has 0 amide bonds. The molecule has 2 unspecified atom stereocenters. The zero-order valence-corrected chi connectivity index (χ0v) is 23.6. The summed E-state index contributed by atoms with van der Waals surface area (Å²) in [6, 6.07) is 6.08. The first-order valence-corrected chi connectivity index (χ1v) is 14.9. The highest BCUT2D eigenvalue weighted by atomic mass is 19.1. The van der Waals surface area contributed by atoms with E-state index < -0.39 is 30.4 Å². The van der Waals surface area contributed by atoms with E-state index in [4.69, 9.17) is 23.7 Å². The van der Waals surface area contributed by atoms with Crippen LogP contribution in [0, 0.1) is 17.7 Å². The SMILES string of the molecule is O=C(O)C(CC=C=CC[C@H]1[C@@H](O)CC[C@@H]1/C=C/CCOc1cccc(F)c1)(OC1CCCCO1)OC1CCCCO1.